The number of fused-ring (bicyclic) bond motifs is 3. The average molecular weight is 548 g/mol. The van der Waals surface area contributed by atoms with E-state index in [1.807, 2.05) is 0 Å². The number of nitrogens with zero attached hydrogens (tertiary/aromatic N) is 1. The van der Waals surface area contributed by atoms with Gasteiger partial charge in [0.1, 0.15) is 11.6 Å². The predicted molar refractivity (Wildman–Crippen MR) is 128 cm³/mol. The van der Waals surface area contributed by atoms with Gasteiger partial charge in [-0.1, -0.05) is 11.6 Å². The van der Waals surface area contributed by atoms with Crippen LogP contribution in [0.4, 0.5) is 22.0 Å². The number of nitrogens with one attached hydrogen (secondary N) is 1. The number of methoxy groups -OCH3 is 1. The van der Waals surface area contributed by atoms with Crippen molar-refractivity contribution in [3.63, 3.8) is 0 Å². The second-order valence-electron chi connectivity index (χ2n) is 8.44. The third kappa shape index (κ3) is 4.08. The SMILES string of the molecule is COc1ccc2c3c(c(-c4c(C(N)=O)cc(F)cc4C(F)(F)F)cc2n1)C(c1cc(F)ccc1Cl)NC3=O. The highest BCUT2D eigenvalue weighted by Gasteiger charge is 2.41. The monoisotopic (exact) mass is 547 g/mol. The molecule has 0 bridgehead atoms. The summed E-state index contributed by atoms with van der Waals surface area (Å²) in [6.07, 6.45) is -5.13. The van der Waals surface area contributed by atoms with Gasteiger partial charge in [0, 0.05) is 33.2 Å². The van der Waals surface area contributed by atoms with E-state index in [4.69, 9.17) is 22.1 Å². The van der Waals surface area contributed by atoms with Gasteiger partial charge in [0.2, 0.25) is 11.8 Å². The maximum Gasteiger partial charge on any atom is 0.417 e. The molecule has 194 valence electrons. The molecule has 0 saturated carbocycles. The first-order valence-electron chi connectivity index (χ1n) is 10.9. The maximum absolute atomic E-state index is 14.3. The highest BCUT2D eigenvalue weighted by atomic mass is 35.5. The van der Waals surface area contributed by atoms with E-state index in [-0.39, 0.29) is 50.1 Å². The first kappa shape index (κ1) is 25.4. The molecule has 1 aliphatic heterocycles. The van der Waals surface area contributed by atoms with Crippen molar-refractivity contribution in [2.45, 2.75) is 12.2 Å². The largest absolute Gasteiger partial charge is 0.481 e. The molecule has 0 saturated heterocycles. The second kappa shape index (κ2) is 8.95. The van der Waals surface area contributed by atoms with E-state index in [9.17, 15) is 31.5 Å². The fraction of sp³-hybridized carbons (Fsp3) is 0.115. The van der Waals surface area contributed by atoms with Gasteiger partial charge in [-0.15, -0.1) is 0 Å². The molecule has 0 spiro atoms. The highest BCUT2D eigenvalue weighted by Crippen LogP contribution is 2.48. The Morgan fingerprint density at radius 2 is 1.79 bits per heavy atom. The molecule has 6 nitrogen and oxygen atoms in total. The van der Waals surface area contributed by atoms with Crippen LogP contribution in [0, 0.1) is 11.6 Å². The Kier molecular flexibility index (Phi) is 5.98. The number of alkyl halides is 3. The van der Waals surface area contributed by atoms with Crippen molar-refractivity contribution in [1.29, 1.82) is 0 Å². The number of pyridine rings is 1. The Morgan fingerprint density at radius 3 is 2.45 bits per heavy atom. The number of aromatic nitrogens is 1. The summed E-state index contributed by atoms with van der Waals surface area (Å²) in [5.41, 5.74) is 2.05. The van der Waals surface area contributed by atoms with Crippen molar-refractivity contribution in [2.75, 3.05) is 7.11 Å². The number of benzene rings is 3. The Hall–Kier alpha value is -4.25. The van der Waals surface area contributed by atoms with Crippen LogP contribution >= 0.6 is 11.6 Å². The fourth-order valence-electron chi connectivity index (χ4n) is 4.70. The molecular weight excluding hydrogens is 533 g/mol. The Morgan fingerprint density at radius 1 is 1.05 bits per heavy atom. The molecule has 0 radical (unpaired) electrons. The molecule has 2 amide bonds. The summed E-state index contributed by atoms with van der Waals surface area (Å²) in [6, 6.07) is 7.08. The second-order valence-corrected chi connectivity index (χ2v) is 8.85. The van der Waals surface area contributed by atoms with Gasteiger partial charge in [-0.25, -0.2) is 13.8 Å². The zero-order valence-corrected chi connectivity index (χ0v) is 20.0. The molecule has 2 heterocycles. The smallest absolute Gasteiger partial charge is 0.417 e. The van der Waals surface area contributed by atoms with Gasteiger partial charge < -0.3 is 15.8 Å². The van der Waals surface area contributed by atoms with Crippen LogP contribution < -0.4 is 15.8 Å². The minimum atomic E-state index is -5.13. The van der Waals surface area contributed by atoms with Gasteiger partial charge in [-0.3, -0.25) is 9.59 Å². The first-order valence-corrected chi connectivity index (χ1v) is 11.3. The number of primary amides is 1. The van der Waals surface area contributed by atoms with Crippen LogP contribution in [0.25, 0.3) is 22.0 Å². The van der Waals surface area contributed by atoms with Crippen molar-refractivity contribution in [3.8, 4) is 17.0 Å². The molecule has 1 atom stereocenters. The summed E-state index contributed by atoms with van der Waals surface area (Å²) >= 11 is 6.30. The highest BCUT2D eigenvalue weighted by molar-refractivity contribution is 6.31. The normalized spacial score (nSPS) is 14.9. The Labute approximate surface area is 216 Å². The van der Waals surface area contributed by atoms with Crippen LogP contribution in [0.5, 0.6) is 5.88 Å². The summed E-state index contributed by atoms with van der Waals surface area (Å²) in [4.78, 5) is 29.8. The number of nitrogens with two attached hydrogens (primary N) is 1. The zero-order chi connectivity index (χ0) is 27.5. The molecule has 1 unspecified atom stereocenters. The maximum atomic E-state index is 14.3. The lowest BCUT2D eigenvalue weighted by molar-refractivity contribution is -0.137. The Bertz CT molecular complexity index is 1670. The number of rotatable bonds is 4. The van der Waals surface area contributed by atoms with Crippen molar-refractivity contribution in [3.05, 3.63) is 93.0 Å². The molecule has 3 N–H and O–H groups in total. The van der Waals surface area contributed by atoms with E-state index in [1.165, 1.54) is 31.4 Å². The number of carbonyl (C=O) groups is 2. The number of ether oxygens (including phenoxy) is 1. The van der Waals surface area contributed by atoms with Gasteiger partial charge in [0.05, 0.1) is 35.4 Å². The molecule has 0 fully saturated rings. The van der Waals surface area contributed by atoms with E-state index < -0.39 is 52.4 Å². The number of amides is 2. The predicted octanol–water partition coefficient (Wildman–Crippen LogP) is 5.79. The summed E-state index contributed by atoms with van der Waals surface area (Å²) in [7, 11) is 1.32. The van der Waals surface area contributed by atoms with Crippen LogP contribution in [-0.4, -0.2) is 23.9 Å². The topological polar surface area (TPSA) is 94.3 Å². The number of carbonyl (C=O) groups excluding carboxylic acids is 2. The van der Waals surface area contributed by atoms with Crippen molar-refractivity contribution >= 4 is 34.3 Å². The Balaban J connectivity index is 1.98. The quantitative estimate of drug-likeness (QED) is 0.316. The van der Waals surface area contributed by atoms with E-state index in [0.29, 0.717) is 6.07 Å². The van der Waals surface area contributed by atoms with Crippen molar-refractivity contribution in [2.24, 2.45) is 5.73 Å². The molecule has 38 heavy (non-hydrogen) atoms. The lowest BCUT2D eigenvalue weighted by Gasteiger charge is -2.22. The van der Waals surface area contributed by atoms with Gasteiger partial charge >= 0.3 is 6.18 Å². The third-order valence-corrected chi connectivity index (χ3v) is 6.57. The third-order valence-electron chi connectivity index (χ3n) is 6.22. The summed E-state index contributed by atoms with van der Waals surface area (Å²) in [5.74, 6) is -4.00. The molecule has 5 rings (SSSR count). The van der Waals surface area contributed by atoms with Crippen LogP contribution in [0.3, 0.4) is 0 Å². The molecule has 1 aliphatic rings. The van der Waals surface area contributed by atoms with E-state index in [1.54, 1.807) is 0 Å². The summed E-state index contributed by atoms with van der Waals surface area (Å²) < 4.78 is 76.4. The average Bonchev–Trinajstić information content (AvgIpc) is 3.20. The van der Waals surface area contributed by atoms with Gasteiger partial charge in [0.25, 0.3) is 5.91 Å². The van der Waals surface area contributed by atoms with Crippen molar-refractivity contribution < 1.29 is 36.3 Å². The van der Waals surface area contributed by atoms with Crippen LogP contribution in [0.1, 0.15) is 43.4 Å². The lowest BCUT2D eigenvalue weighted by Crippen LogP contribution is -2.21. The zero-order valence-electron chi connectivity index (χ0n) is 19.2. The van der Waals surface area contributed by atoms with E-state index >= 15 is 0 Å². The fourth-order valence-corrected chi connectivity index (χ4v) is 4.92. The molecule has 3 aromatic carbocycles. The van der Waals surface area contributed by atoms with Gasteiger partial charge in [0.15, 0.2) is 0 Å². The molecule has 1 aromatic heterocycles. The van der Waals surface area contributed by atoms with Crippen molar-refractivity contribution in [1.82, 2.24) is 10.3 Å². The first-order chi connectivity index (χ1) is 17.9. The summed E-state index contributed by atoms with van der Waals surface area (Å²) in [6.45, 7) is 0. The molecule has 0 aliphatic carbocycles. The van der Waals surface area contributed by atoms with Gasteiger partial charge in [-0.05, 0) is 48.0 Å². The minimum Gasteiger partial charge on any atom is -0.481 e. The molecular formula is C26H15ClF5N3O3. The van der Waals surface area contributed by atoms with E-state index in [0.717, 1.165) is 12.1 Å². The van der Waals surface area contributed by atoms with Crippen LogP contribution in [0.15, 0.2) is 48.5 Å². The van der Waals surface area contributed by atoms with Crippen LogP contribution in [0.2, 0.25) is 5.02 Å². The van der Waals surface area contributed by atoms with E-state index in [2.05, 4.69) is 10.3 Å². The summed E-state index contributed by atoms with van der Waals surface area (Å²) in [5, 5.41) is 2.90. The standard InChI is InChI=1S/C26H15ClF5N3O3/c1-38-19-5-3-12-18(34-19)9-14(20-15(24(33)36)7-11(29)8-16(20)26(30,31)32)21-22(12)25(37)35-23(21)13-6-10(28)2-4-17(13)27/h2-9,23H,1H3,(H2,33,36)(H,35,37). The number of hydrogen-bond acceptors (Lipinski definition) is 4. The van der Waals surface area contributed by atoms with Gasteiger partial charge in [-0.2, -0.15) is 13.2 Å². The molecule has 4 aromatic rings. The van der Waals surface area contributed by atoms with Crippen LogP contribution in [-0.2, 0) is 6.18 Å². The molecule has 12 heteroatoms. The number of hydrogen-bond donors (Lipinski definition) is 2. The lowest BCUT2D eigenvalue weighted by atomic mass is 9.84. The number of halogens is 6. The minimum absolute atomic E-state index is 0.0220.